The van der Waals surface area contributed by atoms with Gasteiger partial charge in [-0.3, -0.25) is 14.3 Å². The zero-order chi connectivity index (χ0) is 20.1. The smallest absolute Gasteiger partial charge is 0.246 e. The van der Waals surface area contributed by atoms with Crippen LogP contribution in [-0.4, -0.2) is 46.1 Å². The minimum Gasteiger partial charge on any atom is -0.369 e. The van der Waals surface area contributed by atoms with E-state index in [0.717, 1.165) is 56.0 Å². The maximum Gasteiger partial charge on any atom is 0.246 e. The molecule has 2 amide bonds. The van der Waals surface area contributed by atoms with Crippen molar-refractivity contribution < 1.29 is 9.59 Å². The van der Waals surface area contributed by atoms with Gasteiger partial charge in [-0.1, -0.05) is 12.1 Å². The van der Waals surface area contributed by atoms with Gasteiger partial charge in [-0.15, -0.1) is 0 Å². The molecule has 0 radical (unpaired) electrons. The second-order valence-electron chi connectivity index (χ2n) is 7.60. The molecule has 28 heavy (non-hydrogen) atoms. The van der Waals surface area contributed by atoms with Crippen molar-refractivity contribution in [2.24, 2.45) is 11.7 Å². The molecule has 7 nitrogen and oxygen atoms in total. The molecule has 1 saturated heterocycles. The maximum atomic E-state index is 12.2. The van der Waals surface area contributed by atoms with E-state index in [1.165, 1.54) is 5.56 Å². The first kappa shape index (κ1) is 20.1. The maximum absolute atomic E-state index is 12.2. The number of aryl methyl sites for hydroxylation is 2. The number of primary amides is 1. The van der Waals surface area contributed by atoms with E-state index in [0.29, 0.717) is 0 Å². The highest BCUT2D eigenvalue weighted by Crippen LogP contribution is 2.17. The molecule has 3 N–H and O–H groups in total. The van der Waals surface area contributed by atoms with E-state index in [4.69, 9.17) is 5.73 Å². The summed E-state index contributed by atoms with van der Waals surface area (Å²) in [4.78, 5) is 25.8. The van der Waals surface area contributed by atoms with Crippen LogP contribution in [-0.2, 0) is 22.6 Å². The zero-order valence-corrected chi connectivity index (χ0v) is 16.6. The highest BCUT2D eigenvalue weighted by atomic mass is 16.2. The molecule has 0 saturated carbocycles. The summed E-state index contributed by atoms with van der Waals surface area (Å²) in [6.07, 6.45) is 2.66. The van der Waals surface area contributed by atoms with E-state index in [2.05, 4.69) is 27.4 Å². The third kappa shape index (κ3) is 5.42. The van der Waals surface area contributed by atoms with E-state index < -0.39 is 0 Å². The van der Waals surface area contributed by atoms with Crippen molar-refractivity contribution in [2.75, 3.05) is 25.0 Å². The lowest BCUT2D eigenvalue weighted by Crippen LogP contribution is -2.39. The van der Waals surface area contributed by atoms with Gasteiger partial charge in [-0.2, -0.15) is 5.10 Å². The summed E-state index contributed by atoms with van der Waals surface area (Å²) in [6.45, 7) is 6.89. The van der Waals surface area contributed by atoms with Crippen LogP contribution >= 0.6 is 0 Å². The Bertz CT molecular complexity index is 820. The Balaban J connectivity index is 1.44. The highest BCUT2D eigenvalue weighted by Gasteiger charge is 2.22. The quantitative estimate of drug-likeness (QED) is 0.763. The Morgan fingerprint density at radius 1 is 1.18 bits per heavy atom. The molecule has 0 aliphatic carbocycles. The molecule has 0 bridgehead atoms. The summed E-state index contributed by atoms with van der Waals surface area (Å²) < 4.78 is 1.71. The Morgan fingerprint density at radius 2 is 1.86 bits per heavy atom. The summed E-state index contributed by atoms with van der Waals surface area (Å²) in [6, 6.07) is 9.93. The van der Waals surface area contributed by atoms with Crippen LogP contribution in [0, 0.1) is 19.8 Å². The number of nitrogens with two attached hydrogens (primary N) is 1. The van der Waals surface area contributed by atoms with Crippen LogP contribution in [0.25, 0.3) is 0 Å². The van der Waals surface area contributed by atoms with Crippen LogP contribution in [0.4, 0.5) is 5.69 Å². The molecule has 1 aromatic carbocycles. The van der Waals surface area contributed by atoms with Gasteiger partial charge in [0.1, 0.15) is 6.54 Å². The number of carbonyl (C=O) groups is 2. The number of amides is 2. The molecular weight excluding hydrogens is 354 g/mol. The number of likely N-dealkylation sites (tertiary alicyclic amines) is 1. The first-order valence-corrected chi connectivity index (χ1v) is 9.82. The fourth-order valence-corrected chi connectivity index (χ4v) is 3.65. The predicted molar refractivity (Wildman–Crippen MR) is 109 cm³/mol. The van der Waals surface area contributed by atoms with Gasteiger partial charge >= 0.3 is 0 Å². The fraction of sp³-hybridized carbons (Fsp3) is 0.476. The molecule has 150 valence electrons. The number of aromatic nitrogens is 2. The fourth-order valence-electron chi connectivity index (χ4n) is 3.65. The molecule has 0 unspecified atom stereocenters. The van der Waals surface area contributed by atoms with Gasteiger partial charge in [0.15, 0.2) is 0 Å². The summed E-state index contributed by atoms with van der Waals surface area (Å²) in [5.74, 6) is -0.222. The van der Waals surface area contributed by atoms with Crippen molar-refractivity contribution in [2.45, 2.75) is 39.7 Å². The second kappa shape index (κ2) is 9.01. The summed E-state index contributed by atoms with van der Waals surface area (Å²) >= 11 is 0. The predicted octanol–water partition coefficient (Wildman–Crippen LogP) is 1.88. The molecule has 1 aliphatic rings. The van der Waals surface area contributed by atoms with Gasteiger partial charge in [-0.05, 0) is 70.0 Å². The number of piperidine rings is 1. The van der Waals surface area contributed by atoms with E-state index >= 15 is 0 Å². The number of hydrogen-bond donors (Lipinski definition) is 2. The van der Waals surface area contributed by atoms with E-state index in [1.54, 1.807) is 4.68 Å². The van der Waals surface area contributed by atoms with Crippen molar-refractivity contribution in [3.63, 3.8) is 0 Å². The Labute approximate surface area is 165 Å². The van der Waals surface area contributed by atoms with Crippen molar-refractivity contribution in [1.82, 2.24) is 14.7 Å². The SMILES string of the molecule is Cc1cc(C)n(CC(=O)Nc2ccc(CCN3CCC(C(N)=O)CC3)cc2)n1. The normalized spacial score (nSPS) is 15.5. The topological polar surface area (TPSA) is 93.3 Å². The highest BCUT2D eigenvalue weighted by molar-refractivity contribution is 5.90. The third-order valence-corrected chi connectivity index (χ3v) is 5.34. The number of anilines is 1. The van der Waals surface area contributed by atoms with Crippen LogP contribution in [0.15, 0.2) is 30.3 Å². The summed E-state index contributed by atoms with van der Waals surface area (Å²) in [5.41, 5.74) is 9.29. The molecule has 0 spiro atoms. The molecule has 1 aliphatic heterocycles. The van der Waals surface area contributed by atoms with Gasteiger partial charge in [0.2, 0.25) is 11.8 Å². The molecule has 7 heteroatoms. The summed E-state index contributed by atoms with van der Waals surface area (Å²) in [7, 11) is 0. The Morgan fingerprint density at radius 3 is 2.43 bits per heavy atom. The number of nitrogens with one attached hydrogen (secondary N) is 1. The molecule has 3 rings (SSSR count). The standard InChI is InChI=1S/C21H29N5O2/c1-15-13-16(2)26(24-15)14-20(27)23-19-5-3-17(4-6-19)7-10-25-11-8-18(9-12-25)21(22)28/h3-6,13,18H,7-12,14H2,1-2H3,(H2,22,28)(H,23,27). The summed E-state index contributed by atoms with van der Waals surface area (Å²) in [5, 5.41) is 7.24. The monoisotopic (exact) mass is 383 g/mol. The minimum atomic E-state index is -0.171. The van der Waals surface area contributed by atoms with Crippen molar-refractivity contribution in [1.29, 1.82) is 0 Å². The largest absolute Gasteiger partial charge is 0.369 e. The average molecular weight is 383 g/mol. The number of carbonyl (C=O) groups excluding carboxylic acids is 2. The lowest BCUT2D eigenvalue weighted by molar-refractivity contribution is -0.123. The van der Waals surface area contributed by atoms with E-state index in [-0.39, 0.29) is 24.3 Å². The molecule has 0 atom stereocenters. The van der Waals surface area contributed by atoms with Gasteiger partial charge in [-0.25, -0.2) is 0 Å². The number of nitrogens with zero attached hydrogens (tertiary/aromatic N) is 3. The minimum absolute atomic E-state index is 0.0357. The Hall–Kier alpha value is -2.67. The van der Waals surface area contributed by atoms with Gasteiger partial charge < -0.3 is 16.0 Å². The van der Waals surface area contributed by atoms with Crippen LogP contribution < -0.4 is 11.1 Å². The molecule has 1 aromatic heterocycles. The lowest BCUT2D eigenvalue weighted by atomic mass is 9.96. The van der Waals surface area contributed by atoms with E-state index in [9.17, 15) is 9.59 Å². The first-order chi connectivity index (χ1) is 13.4. The second-order valence-corrected chi connectivity index (χ2v) is 7.60. The number of benzene rings is 1. The molecule has 2 heterocycles. The first-order valence-electron chi connectivity index (χ1n) is 9.82. The lowest BCUT2D eigenvalue weighted by Gasteiger charge is -2.30. The molecule has 1 fully saturated rings. The van der Waals surface area contributed by atoms with Crippen molar-refractivity contribution >= 4 is 17.5 Å². The Kier molecular flexibility index (Phi) is 6.46. The van der Waals surface area contributed by atoms with Crippen molar-refractivity contribution in [3.8, 4) is 0 Å². The number of hydrogen-bond acceptors (Lipinski definition) is 4. The van der Waals surface area contributed by atoms with Crippen LogP contribution in [0.1, 0.15) is 29.8 Å². The molecular formula is C21H29N5O2. The van der Waals surface area contributed by atoms with Gasteiger partial charge in [0, 0.05) is 23.8 Å². The van der Waals surface area contributed by atoms with Gasteiger partial charge in [0.25, 0.3) is 0 Å². The van der Waals surface area contributed by atoms with E-state index in [1.807, 2.05) is 32.0 Å². The molecule has 2 aromatic rings. The van der Waals surface area contributed by atoms with Crippen LogP contribution in [0.3, 0.4) is 0 Å². The van der Waals surface area contributed by atoms with Crippen molar-refractivity contribution in [3.05, 3.63) is 47.3 Å². The average Bonchev–Trinajstić information content (AvgIpc) is 2.98. The van der Waals surface area contributed by atoms with Crippen LogP contribution in [0.2, 0.25) is 0 Å². The zero-order valence-electron chi connectivity index (χ0n) is 16.6. The third-order valence-electron chi connectivity index (χ3n) is 5.34. The van der Waals surface area contributed by atoms with Crippen LogP contribution in [0.5, 0.6) is 0 Å². The van der Waals surface area contributed by atoms with Gasteiger partial charge in [0.05, 0.1) is 5.69 Å². The number of rotatable bonds is 7.